The number of aliphatic imine (C=N–C) groups is 1. The van der Waals surface area contributed by atoms with Crippen molar-refractivity contribution in [2.75, 3.05) is 13.1 Å². The number of hydrogen-bond acceptors (Lipinski definition) is 13. The highest BCUT2D eigenvalue weighted by atomic mass is 35.5. The monoisotopic (exact) mass is 997 g/mol. The number of aliphatic hydroxyl groups is 1. The summed E-state index contributed by atoms with van der Waals surface area (Å²) < 4.78 is 2.05. The van der Waals surface area contributed by atoms with Crippen molar-refractivity contribution in [3.63, 3.8) is 0 Å². The molecule has 5 aromatic rings. The Morgan fingerprint density at radius 3 is 2.22 bits per heavy atom. The van der Waals surface area contributed by atoms with Gasteiger partial charge < -0.3 is 20.6 Å². The van der Waals surface area contributed by atoms with Gasteiger partial charge in [-0.2, -0.15) is 5.48 Å². The molecule has 0 saturated carbocycles. The number of hydrogen-bond donors (Lipinski definition) is 5. The van der Waals surface area contributed by atoms with Gasteiger partial charge in [-0.15, -0.1) is 32.9 Å². The summed E-state index contributed by atoms with van der Waals surface area (Å²) in [5, 5.41) is 30.1. The van der Waals surface area contributed by atoms with Gasteiger partial charge in [0.15, 0.2) is 22.9 Å². The van der Waals surface area contributed by atoms with E-state index < -0.39 is 40.8 Å². The van der Waals surface area contributed by atoms with Gasteiger partial charge in [-0.05, 0) is 93.5 Å². The zero-order chi connectivity index (χ0) is 49.5. The van der Waals surface area contributed by atoms with Crippen LogP contribution in [0.25, 0.3) is 15.4 Å². The SMILES string of the molecule is Cc1ncsc1-c1ccc(ONC(=O)[C@@]2(C(=O)C(NC(=O)CCCCCCCCCCNC(=O)C[C@@H]3N=C(c4ccc(Cl)cc4)c4c(sc(C)c4C)-n4c(C)nnc43)C(C)(C)C)CC(O)CN2)cc1. The molecule has 0 spiro atoms. The first-order chi connectivity index (χ1) is 33.0. The average molecular weight is 999 g/mol. The van der Waals surface area contributed by atoms with E-state index in [9.17, 15) is 24.3 Å². The van der Waals surface area contributed by atoms with Gasteiger partial charge in [0, 0.05) is 47.0 Å². The highest BCUT2D eigenvalue weighted by Crippen LogP contribution is 2.40. The number of nitrogens with zero attached hydrogens (tertiary/aromatic N) is 5. The lowest BCUT2D eigenvalue weighted by Crippen LogP contribution is -2.66. The highest BCUT2D eigenvalue weighted by Gasteiger charge is 2.55. The average Bonchev–Trinajstić information content (AvgIpc) is 4.09. The standard InChI is InChI=1S/C51H64ClN9O6S2/c1-30-32(3)69-48-42(30)43(34-17-21-36(52)22-18-34)56-39(47-59-58-33(4)61(47)48)26-41(64)53-25-15-13-11-9-8-10-12-14-16-40(63)57-45(50(5,6)7)46(65)51(27-37(62)28-55-51)49(66)60-67-38-23-19-35(20-24-38)44-31(2)54-29-68-44/h17-24,29,37,39,45,55,62H,8-16,25-28H2,1-7H3,(H,53,64)(H,57,63)(H,60,66)/t37?,39-,45?,51-/m0/s1. The number of carbonyl (C=O) groups is 4. The topological polar surface area (TPSA) is 202 Å². The zero-order valence-corrected chi connectivity index (χ0v) is 42.9. The van der Waals surface area contributed by atoms with Crippen LogP contribution in [0.5, 0.6) is 5.75 Å². The number of amides is 3. The number of fused-ring (bicyclic) bond motifs is 3. The lowest BCUT2D eigenvalue weighted by molar-refractivity contribution is -0.145. The van der Waals surface area contributed by atoms with Crippen molar-refractivity contribution in [2.24, 2.45) is 10.4 Å². The third kappa shape index (κ3) is 12.2. The van der Waals surface area contributed by atoms with Crippen LogP contribution in [0.3, 0.4) is 0 Å². The van der Waals surface area contributed by atoms with Crippen molar-refractivity contribution in [2.45, 2.75) is 143 Å². The summed E-state index contributed by atoms with van der Waals surface area (Å²) >= 11 is 9.46. The maximum atomic E-state index is 14.3. The number of β-amino-alcohol motifs (C(OH)–C–C–N with tert-alkyl or cyclic N) is 1. The number of thiazole rings is 1. The Morgan fingerprint density at radius 2 is 1.58 bits per heavy atom. The Hall–Kier alpha value is -5.33. The molecule has 3 amide bonds. The molecule has 0 aliphatic carbocycles. The second-order valence-corrected chi connectivity index (χ2v) is 21.7. The second kappa shape index (κ2) is 22.6. The molecule has 0 bridgehead atoms. The minimum atomic E-state index is -1.81. The number of unbranched alkanes of at least 4 members (excludes halogenated alkanes) is 7. The summed E-state index contributed by atoms with van der Waals surface area (Å²) in [5.74, 6) is 0.146. The van der Waals surface area contributed by atoms with Crippen molar-refractivity contribution >= 4 is 63.5 Å². The predicted molar refractivity (Wildman–Crippen MR) is 271 cm³/mol. The van der Waals surface area contributed by atoms with E-state index >= 15 is 0 Å². The van der Waals surface area contributed by atoms with Gasteiger partial charge in [0.05, 0.1) is 40.4 Å². The molecule has 2 aliphatic rings. The van der Waals surface area contributed by atoms with Crippen molar-refractivity contribution < 1.29 is 29.1 Å². The molecular weight excluding hydrogens is 934 g/mol. The van der Waals surface area contributed by atoms with Gasteiger partial charge in [0.25, 0.3) is 5.91 Å². The van der Waals surface area contributed by atoms with Crippen LogP contribution in [0.2, 0.25) is 5.02 Å². The number of aryl methyl sites for hydroxylation is 3. The normalized spacial score (nSPS) is 18.1. The molecule has 5 heterocycles. The van der Waals surface area contributed by atoms with Gasteiger partial charge in [-0.3, -0.25) is 34.1 Å². The van der Waals surface area contributed by atoms with Gasteiger partial charge >= 0.3 is 0 Å². The number of halogens is 1. The number of aliphatic hydroxyl groups excluding tert-OH is 1. The van der Waals surface area contributed by atoms with E-state index in [0.29, 0.717) is 29.6 Å². The Balaban J connectivity index is 0.816. The third-order valence-corrected chi connectivity index (χ3v) is 15.4. The quantitative estimate of drug-likeness (QED) is 0.0269. The van der Waals surface area contributed by atoms with Crippen LogP contribution in [0.1, 0.15) is 136 Å². The van der Waals surface area contributed by atoms with Crippen LogP contribution in [0.15, 0.2) is 59.0 Å². The van der Waals surface area contributed by atoms with Crippen LogP contribution >= 0.6 is 34.3 Å². The minimum Gasteiger partial charge on any atom is -0.392 e. The molecular formula is C51H64ClN9O6S2. The van der Waals surface area contributed by atoms with Crippen molar-refractivity contribution in [3.8, 4) is 21.2 Å². The highest BCUT2D eigenvalue weighted by molar-refractivity contribution is 7.15. The van der Waals surface area contributed by atoms with E-state index in [1.54, 1.807) is 29.0 Å². The first-order valence-electron chi connectivity index (χ1n) is 23.8. The molecule has 3 aromatic heterocycles. The Morgan fingerprint density at radius 1 is 0.913 bits per heavy atom. The smallest absolute Gasteiger partial charge is 0.280 e. The van der Waals surface area contributed by atoms with Gasteiger partial charge in [0.1, 0.15) is 16.9 Å². The van der Waals surface area contributed by atoms with E-state index in [0.717, 1.165) is 94.3 Å². The summed E-state index contributed by atoms with van der Waals surface area (Å²) in [5.41, 5.74) is 7.48. The van der Waals surface area contributed by atoms with E-state index in [-0.39, 0.29) is 37.6 Å². The Bertz CT molecular complexity index is 2650. The molecule has 1 fully saturated rings. The largest absolute Gasteiger partial charge is 0.392 e. The summed E-state index contributed by atoms with van der Waals surface area (Å²) in [6.07, 6.45) is 6.76. The number of aromatic nitrogens is 4. The molecule has 368 valence electrons. The summed E-state index contributed by atoms with van der Waals surface area (Å²) in [4.78, 5) is 72.1. The molecule has 1 saturated heterocycles. The van der Waals surface area contributed by atoms with E-state index in [4.69, 9.17) is 21.4 Å². The van der Waals surface area contributed by atoms with E-state index in [2.05, 4.69) is 55.0 Å². The molecule has 5 N–H and O–H groups in total. The van der Waals surface area contributed by atoms with Crippen LogP contribution in [0.4, 0.5) is 0 Å². The maximum Gasteiger partial charge on any atom is 0.280 e. The molecule has 2 unspecified atom stereocenters. The zero-order valence-electron chi connectivity index (χ0n) is 40.5. The molecule has 4 atom stereocenters. The minimum absolute atomic E-state index is 0.0381. The molecule has 18 heteroatoms. The van der Waals surface area contributed by atoms with Crippen molar-refractivity contribution in [1.82, 2.24) is 41.2 Å². The molecule has 2 aliphatic heterocycles. The fourth-order valence-corrected chi connectivity index (χ4v) is 11.1. The van der Waals surface area contributed by atoms with E-state index in [1.165, 1.54) is 16.2 Å². The van der Waals surface area contributed by atoms with Gasteiger partial charge in [0.2, 0.25) is 11.8 Å². The Kier molecular flexibility index (Phi) is 16.9. The number of thiophene rings is 1. The second-order valence-electron chi connectivity index (χ2n) is 19.2. The van der Waals surface area contributed by atoms with Crippen LogP contribution in [-0.4, -0.2) is 84.8 Å². The summed E-state index contributed by atoms with van der Waals surface area (Å²) in [7, 11) is 0. The molecule has 69 heavy (non-hydrogen) atoms. The molecule has 2 aromatic carbocycles. The molecule has 15 nitrogen and oxygen atoms in total. The third-order valence-electron chi connectivity index (χ3n) is 12.9. The fourth-order valence-electron chi connectivity index (χ4n) is 8.94. The number of ketones is 1. The lowest BCUT2D eigenvalue weighted by atomic mass is 9.76. The summed E-state index contributed by atoms with van der Waals surface area (Å²) in [6.45, 7) is 14.2. The number of rotatable bonds is 21. The van der Waals surface area contributed by atoms with E-state index in [1.807, 2.05) is 71.0 Å². The first-order valence-corrected chi connectivity index (χ1v) is 25.9. The molecule has 0 radical (unpaired) electrons. The summed E-state index contributed by atoms with van der Waals surface area (Å²) in [6, 6.07) is 13.3. The first kappa shape index (κ1) is 51.5. The van der Waals surface area contributed by atoms with Gasteiger partial charge in [-0.25, -0.2) is 4.98 Å². The van der Waals surface area contributed by atoms with Crippen molar-refractivity contribution in [1.29, 1.82) is 0 Å². The number of benzene rings is 2. The Labute approximate surface area is 417 Å². The maximum absolute atomic E-state index is 14.3. The van der Waals surface area contributed by atoms with Crippen LogP contribution in [0, 0.1) is 33.1 Å². The van der Waals surface area contributed by atoms with Crippen LogP contribution < -0.4 is 26.3 Å². The van der Waals surface area contributed by atoms with Crippen molar-refractivity contribution in [3.05, 3.63) is 98.0 Å². The number of hydroxylamine groups is 1. The molecule has 7 rings (SSSR count). The number of Topliss-reactive ketones (excluding diaryl/α,β-unsaturated/α-hetero) is 1. The van der Waals surface area contributed by atoms with Gasteiger partial charge in [-0.1, -0.05) is 83.0 Å². The van der Waals surface area contributed by atoms with Crippen LogP contribution in [-0.2, 0) is 19.2 Å². The fraction of sp³-hybridized carbons (Fsp3) is 0.490. The predicted octanol–water partition coefficient (Wildman–Crippen LogP) is 8.55. The number of carbonyl (C=O) groups excluding carboxylic acids is 4. The number of nitrogens with one attached hydrogen (secondary N) is 4. The lowest BCUT2D eigenvalue weighted by Gasteiger charge is -2.37.